The molecule has 1 aliphatic heterocycles. The number of nitrogens with zero attached hydrogens (tertiary/aromatic N) is 3. The average molecular weight is 341 g/mol. The van der Waals surface area contributed by atoms with Crippen LogP contribution in [0.15, 0.2) is 36.7 Å². The summed E-state index contributed by atoms with van der Waals surface area (Å²) in [6.45, 7) is 5.18. The first-order valence-corrected chi connectivity index (χ1v) is 9.30. The van der Waals surface area contributed by atoms with Gasteiger partial charge in [0.05, 0.1) is 25.9 Å². The molecule has 0 saturated carbocycles. The van der Waals surface area contributed by atoms with Gasteiger partial charge in [-0.2, -0.15) is 5.10 Å². The van der Waals surface area contributed by atoms with Gasteiger partial charge in [0, 0.05) is 31.4 Å². The normalized spacial score (nSPS) is 26.1. The van der Waals surface area contributed by atoms with Gasteiger partial charge < -0.3 is 9.47 Å². The molecule has 1 fully saturated rings. The molecule has 134 valence electrons. The van der Waals surface area contributed by atoms with E-state index in [4.69, 9.17) is 9.47 Å². The number of hydrogen-bond acceptors (Lipinski definition) is 4. The molecule has 1 aromatic heterocycles. The van der Waals surface area contributed by atoms with E-state index in [-0.39, 0.29) is 12.2 Å². The molecule has 2 aromatic rings. The van der Waals surface area contributed by atoms with Crippen LogP contribution in [-0.2, 0) is 24.1 Å². The van der Waals surface area contributed by atoms with E-state index >= 15 is 0 Å². The van der Waals surface area contributed by atoms with Crippen LogP contribution in [0.3, 0.4) is 0 Å². The number of aromatic nitrogens is 2. The third-order valence-electron chi connectivity index (χ3n) is 5.45. The lowest BCUT2D eigenvalue weighted by Gasteiger charge is -2.47. The smallest absolute Gasteiger partial charge is 0.122 e. The molecule has 0 spiro atoms. The van der Waals surface area contributed by atoms with Crippen molar-refractivity contribution in [3.05, 3.63) is 47.8 Å². The van der Waals surface area contributed by atoms with Crippen LogP contribution in [0.2, 0.25) is 0 Å². The van der Waals surface area contributed by atoms with Crippen molar-refractivity contribution in [3.63, 3.8) is 0 Å². The highest BCUT2D eigenvalue weighted by molar-refractivity contribution is 5.43. The van der Waals surface area contributed by atoms with Crippen LogP contribution in [0.4, 0.5) is 0 Å². The van der Waals surface area contributed by atoms with Gasteiger partial charge in [-0.25, -0.2) is 0 Å². The Morgan fingerprint density at radius 1 is 1.28 bits per heavy atom. The fourth-order valence-corrected chi connectivity index (χ4v) is 4.37. The zero-order chi connectivity index (χ0) is 17.2. The predicted octanol–water partition coefficient (Wildman–Crippen LogP) is 2.54. The number of morpholine rings is 1. The molecular weight excluding hydrogens is 314 g/mol. The zero-order valence-electron chi connectivity index (χ0n) is 15.1. The summed E-state index contributed by atoms with van der Waals surface area (Å²) < 4.78 is 14.1. The lowest BCUT2D eigenvalue weighted by Crippen LogP contribution is -2.58. The van der Waals surface area contributed by atoms with Gasteiger partial charge in [-0.3, -0.25) is 9.58 Å². The number of methoxy groups -OCH3 is 1. The maximum atomic E-state index is 6.54. The Morgan fingerprint density at radius 3 is 2.96 bits per heavy atom. The van der Waals surface area contributed by atoms with Gasteiger partial charge >= 0.3 is 0 Å². The molecule has 1 aromatic carbocycles. The van der Waals surface area contributed by atoms with Crippen molar-refractivity contribution < 1.29 is 9.47 Å². The monoisotopic (exact) mass is 341 g/mol. The third kappa shape index (κ3) is 3.31. The Balaban J connectivity index is 1.58. The van der Waals surface area contributed by atoms with Crippen LogP contribution >= 0.6 is 0 Å². The molecule has 0 N–H and O–H groups in total. The minimum Gasteiger partial charge on any atom is -0.496 e. The van der Waals surface area contributed by atoms with E-state index in [0.29, 0.717) is 6.04 Å². The lowest BCUT2D eigenvalue weighted by molar-refractivity contribution is -0.128. The number of ether oxygens (including phenoxy) is 2. The molecule has 25 heavy (non-hydrogen) atoms. The first kappa shape index (κ1) is 16.6. The van der Waals surface area contributed by atoms with Crippen molar-refractivity contribution in [1.82, 2.24) is 14.7 Å². The van der Waals surface area contributed by atoms with Gasteiger partial charge in [-0.1, -0.05) is 19.1 Å². The summed E-state index contributed by atoms with van der Waals surface area (Å²) in [6, 6.07) is 8.85. The van der Waals surface area contributed by atoms with Crippen molar-refractivity contribution in [2.45, 2.75) is 51.0 Å². The Labute approximate surface area is 149 Å². The van der Waals surface area contributed by atoms with Crippen LogP contribution in [-0.4, -0.2) is 53.1 Å². The van der Waals surface area contributed by atoms with E-state index in [9.17, 15) is 0 Å². The molecule has 1 aliphatic carbocycles. The first-order chi connectivity index (χ1) is 12.3. The highest BCUT2D eigenvalue weighted by atomic mass is 16.5. The van der Waals surface area contributed by atoms with Crippen LogP contribution in [0, 0.1) is 0 Å². The standard InChI is InChI=1S/C20H27N3O2/c1-3-9-22-13-16(14-23-10-5-8-21-23)25-20-12-17-15(11-18(20)22)6-4-7-19(17)24-2/h4-8,10,16,18,20H,3,9,11-14H2,1-2H3/t16-,18+,20+/m1/s1. The Bertz CT molecular complexity index is 701. The number of benzene rings is 1. The number of hydrogen-bond donors (Lipinski definition) is 0. The van der Waals surface area contributed by atoms with Crippen molar-refractivity contribution in [1.29, 1.82) is 0 Å². The van der Waals surface area contributed by atoms with Gasteiger partial charge in [0.25, 0.3) is 0 Å². The van der Waals surface area contributed by atoms with Gasteiger partial charge in [-0.05, 0) is 42.6 Å². The molecule has 5 nitrogen and oxygen atoms in total. The SMILES string of the molecule is CCCN1C[C@H](Cn2cccn2)O[C@H]2Cc3c(cccc3OC)C[C@@H]21. The highest BCUT2D eigenvalue weighted by Gasteiger charge is 2.40. The molecule has 0 radical (unpaired) electrons. The van der Waals surface area contributed by atoms with Crippen molar-refractivity contribution >= 4 is 0 Å². The molecular formula is C20H27N3O2. The molecule has 2 aliphatic rings. The minimum absolute atomic E-state index is 0.184. The van der Waals surface area contributed by atoms with Crippen LogP contribution in [0.25, 0.3) is 0 Å². The van der Waals surface area contributed by atoms with Gasteiger partial charge in [0.2, 0.25) is 0 Å². The highest BCUT2D eigenvalue weighted by Crippen LogP contribution is 2.35. The second kappa shape index (κ2) is 7.18. The van der Waals surface area contributed by atoms with Gasteiger partial charge in [-0.15, -0.1) is 0 Å². The van der Waals surface area contributed by atoms with Gasteiger partial charge in [0.1, 0.15) is 5.75 Å². The molecule has 5 heteroatoms. The van der Waals surface area contributed by atoms with Crippen molar-refractivity contribution in [2.75, 3.05) is 20.2 Å². The first-order valence-electron chi connectivity index (χ1n) is 9.30. The lowest BCUT2D eigenvalue weighted by atomic mass is 9.83. The van der Waals surface area contributed by atoms with Crippen LogP contribution in [0.5, 0.6) is 5.75 Å². The number of rotatable bonds is 5. The summed E-state index contributed by atoms with van der Waals surface area (Å²) in [6.07, 6.45) is 7.40. The molecule has 4 rings (SSSR count). The second-order valence-corrected chi connectivity index (χ2v) is 7.09. The van der Waals surface area contributed by atoms with Crippen molar-refractivity contribution in [2.24, 2.45) is 0 Å². The maximum absolute atomic E-state index is 6.54. The predicted molar refractivity (Wildman–Crippen MR) is 96.9 cm³/mol. The van der Waals surface area contributed by atoms with E-state index in [1.807, 2.05) is 23.1 Å². The van der Waals surface area contributed by atoms with E-state index in [0.717, 1.165) is 38.2 Å². The minimum atomic E-state index is 0.184. The van der Waals surface area contributed by atoms with Gasteiger partial charge in [0.15, 0.2) is 0 Å². The summed E-state index contributed by atoms with van der Waals surface area (Å²) in [5.41, 5.74) is 2.73. The molecule has 2 heterocycles. The molecule has 0 unspecified atom stereocenters. The summed E-state index contributed by atoms with van der Waals surface area (Å²) >= 11 is 0. The molecule has 0 bridgehead atoms. The van der Waals surface area contributed by atoms with Crippen molar-refractivity contribution in [3.8, 4) is 5.75 Å². The Morgan fingerprint density at radius 2 is 2.20 bits per heavy atom. The quantitative estimate of drug-likeness (QED) is 0.838. The van der Waals surface area contributed by atoms with E-state index in [1.54, 1.807) is 7.11 Å². The molecule has 0 amide bonds. The van der Waals surface area contributed by atoms with Crippen LogP contribution in [0.1, 0.15) is 24.5 Å². The second-order valence-electron chi connectivity index (χ2n) is 7.09. The number of fused-ring (bicyclic) bond motifs is 2. The zero-order valence-corrected chi connectivity index (χ0v) is 15.1. The summed E-state index contributed by atoms with van der Waals surface area (Å²) in [5, 5.41) is 4.35. The summed E-state index contributed by atoms with van der Waals surface area (Å²) in [7, 11) is 1.76. The fourth-order valence-electron chi connectivity index (χ4n) is 4.37. The largest absolute Gasteiger partial charge is 0.496 e. The average Bonchev–Trinajstić information content (AvgIpc) is 3.13. The third-order valence-corrected chi connectivity index (χ3v) is 5.45. The topological polar surface area (TPSA) is 39.5 Å². The Kier molecular flexibility index (Phi) is 4.77. The fraction of sp³-hybridized carbons (Fsp3) is 0.550. The maximum Gasteiger partial charge on any atom is 0.122 e. The summed E-state index contributed by atoms with van der Waals surface area (Å²) in [4.78, 5) is 2.63. The van der Waals surface area contributed by atoms with E-state index in [1.165, 1.54) is 17.5 Å². The molecule has 1 saturated heterocycles. The van der Waals surface area contributed by atoms with E-state index < -0.39 is 0 Å². The molecule has 3 atom stereocenters. The van der Waals surface area contributed by atoms with E-state index in [2.05, 4.69) is 35.1 Å². The van der Waals surface area contributed by atoms with Crippen LogP contribution < -0.4 is 4.74 Å². The summed E-state index contributed by atoms with van der Waals surface area (Å²) in [5.74, 6) is 0.996. The Hall–Kier alpha value is -1.85.